The van der Waals surface area contributed by atoms with Crippen LogP contribution in [0, 0.1) is 6.92 Å². The summed E-state index contributed by atoms with van der Waals surface area (Å²) < 4.78 is 29.0. The molecule has 0 saturated carbocycles. The summed E-state index contributed by atoms with van der Waals surface area (Å²) in [5.41, 5.74) is 1.01. The average molecular weight is 337 g/mol. The molecule has 1 N–H and O–H groups in total. The maximum absolute atomic E-state index is 12.0. The zero-order valence-electron chi connectivity index (χ0n) is 13.3. The van der Waals surface area contributed by atoms with Crippen LogP contribution in [0.15, 0.2) is 41.3 Å². The fourth-order valence-electron chi connectivity index (χ4n) is 2.35. The number of unbranched alkanes of at least 4 members (excludes halogenated alkanes) is 2. The lowest BCUT2D eigenvalue weighted by Crippen LogP contribution is -2.22. The van der Waals surface area contributed by atoms with Gasteiger partial charge in [0.05, 0.1) is 11.5 Å². The molecule has 1 aliphatic heterocycles. The molecule has 0 aromatic heterocycles. The lowest BCUT2D eigenvalue weighted by molar-refractivity contribution is -0.119. The van der Waals surface area contributed by atoms with Crippen molar-refractivity contribution in [2.75, 3.05) is 6.61 Å². The summed E-state index contributed by atoms with van der Waals surface area (Å²) in [6.07, 6.45) is 7.86. The molecule has 1 aromatic rings. The molecule has 0 bridgehead atoms. The monoisotopic (exact) mass is 337 g/mol. The second-order valence-corrected chi connectivity index (χ2v) is 7.34. The molecule has 0 radical (unpaired) electrons. The van der Waals surface area contributed by atoms with E-state index < -0.39 is 10.1 Å². The molecule has 0 aliphatic carbocycles. The zero-order chi connectivity index (χ0) is 16.7. The molecule has 0 unspecified atom stereocenters. The number of benzene rings is 1. The van der Waals surface area contributed by atoms with Gasteiger partial charge in [0.1, 0.15) is 0 Å². The maximum Gasteiger partial charge on any atom is 0.296 e. The Hall–Kier alpha value is -1.66. The third-order valence-electron chi connectivity index (χ3n) is 3.71. The molecular weight excluding hydrogens is 314 g/mol. The smallest absolute Gasteiger partial charge is 0.296 e. The fourth-order valence-corrected chi connectivity index (χ4v) is 3.29. The molecule has 0 spiro atoms. The highest BCUT2D eigenvalue weighted by Crippen LogP contribution is 2.14. The molecule has 1 saturated heterocycles. The van der Waals surface area contributed by atoms with Crippen molar-refractivity contribution in [2.45, 2.75) is 50.0 Å². The van der Waals surface area contributed by atoms with Crippen molar-refractivity contribution in [1.82, 2.24) is 5.32 Å². The molecule has 1 fully saturated rings. The Labute approximate surface area is 137 Å². The summed E-state index contributed by atoms with van der Waals surface area (Å²) in [6.45, 7) is 2.09. The molecule has 5 nitrogen and oxygen atoms in total. The topological polar surface area (TPSA) is 72.5 Å². The van der Waals surface area contributed by atoms with Crippen LogP contribution in [0.1, 0.15) is 37.7 Å². The maximum atomic E-state index is 12.0. The van der Waals surface area contributed by atoms with E-state index in [0.717, 1.165) is 24.8 Å². The normalized spacial score (nSPS) is 18.5. The molecule has 2 rings (SSSR count). The molecule has 1 heterocycles. The first-order chi connectivity index (χ1) is 11.0. The number of aryl methyl sites for hydroxylation is 1. The molecular formula is C17H23NO4S. The second kappa shape index (κ2) is 8.26. The van der Waals surface area contributed by atoms with Crippen LogP contribution in [0.4, 0.5) is 0 Å². The van der Waals surface area contributed by atoms with Gasteiger partial charge in [0.2, 0.25) is 5.91 Å². The highest BCUT2D eigenvalue weighted by atomic mass is 32.2. The number of hydrogen-bond donors (Lipinski definition) is 1. The summed E-state index contributed by atoms with van der Waals surface area (Å²) >= 11 is 0. The summed E-state index contributed by atoms with van der Waals surface area (Å²) in [7, 11) is -3.65. The van der Waals surface area contributed by atoms with Crippen LogP contribution in [-0.4, -0.2) is 27.0 Å². The Balaban J connectivity index is 1.64. The predicted octanol–water partition coefficient (Wildman–Crippen LogP) is 2.71. The van der Waals surface area contributed by atoms with Crippen molar-refractivity contribution in [2.24, 2.45) is 0 Å². The van der Waals surface area contributed by atoms with Crippen LogP contribution in [0.3, 0.4) is 0 Å². The Bertz CT molecular complexity index is 650. The van der Waals surface area contributed by atoms with Gasteiger partial charge in [0.15, 0.2) is 0 Å². The number of allylic oxidation sites excluding steroid dienone is 1. The van der Waals surface area contributed by atoms with Crippen LogP contribution < -0.4 is 5.32 Å². The van der Waals surface area contributed by atoms with Crippen LogP contribution in [-0.2, 0) is 19.1 Å². The summed E-state index contributed by atoms with van der Waals surface area (Å²) in [5, 5.41) is 2.87. The quantitative estimate of drug-likeness (QED) is 0.450. The van der Waals surface area contributed by atoms with Gasteiger partial charge in [-0.1, -0.05) is 29.8 Å². The van der Waals surface area contributed by atoms with E-state index >= 15 is 0 Å². The molecule has 126 valence electrons. The van der Waals surface area contributed by atoms with Crippen molar-refractivity contribution in [1.29, 1.82) is 0 Å². The van der Waals surface area contributed by atoms with E-state index in [1.165, 1.54) is 0 Å². The Morgan fingerprint density at radius 1 is 1.26 bits per heavy atom. The van der Waals surface area contributed by atoms with Gasteiger partial charge in [-0.2, -0.15) is 8.42 Å². The van der Waals surface area contributed by atoms with Crippen LogP contribution in [0.25, 0.3) is 0 Å². The standard InChI is InChI=1S/C17H23NO4S/c1-14-7-10-16(11-8-14)23(20,21)22-13-5-3-2-4-6-15-9-12-17(19)18-15/h4,6-8,10-11,15H,2-3,5,9,12-13H2,1H3,(H,18,19)/b6-4-/t15-/m1/s1. The highest BCUT2D eigenvalue weighted by Gasteiger charge is 2.17. The van der Waals surface area contributed by atoms with E-state index in [4.69, 9.17) is 4.18 Å². The number of carbonyl (C=O) groups is 1. The number of nitrogens with one attached hydrogen (secondary N) is 1. The highest BCUT2D eigenvalue weighted by molar-refractivity contribution is 7.86. The van der Waals surface area contributed by atoms with E-state index in [1.54, 1.807) is 24.3 Å². The SMILES string of the molecule is Cc1ccc(S(=O)(=O)OCCCC/C=C\[C@@H]2CCC(=O)N2)cc1. The Morgan fingerprint density at radius 3 is 2.65 bits per heavy atom. The number of carbonyl (C=O) groups excluding carboxylic acids is 1. The predicted molar refractivity (Wildman–Crippen MR) is 88.5 cm³/mol. The van der Waals surface area contributed by atoms with Gasteiger partial charge in [0, 0.05) is 12.5 Å². The van der Waals surface area contributed by atoms with Crippen LogP contribution >= 0.6 is 0 Å². The van der Waals surface area contributed by atoms with E-state index in [1.807, 2.05) is 19.1 Å². The van der Waals surface area contributed by atoms with E-state index in [0.29, 0.717) is 12.8 Å². The van der Waals surface area contributed by atoms with Gasteiger partial charge in [-0.15, -0.1) is 0 Å². The van der Waals surface area contributed by atoms with Gasteiger partial charge in [-0.25, -0.2) is 0 Å². The minimum Gasteiger partial charge on any atom is -0.350 e. The van der Waals surface area contributed by atoms with Gasteiger partial charge in [0.25, 0.3) is 10.1 Å². The van der Waals surface area contributed by atoms with E-state index in [2.05, 4.69) is 5.32 Å². The molecule has 1 aliphatic rings. The lowest BCUT2D eigenvalue weighted by Gasteiger charge is -2.06. The Morgan fingerprint density at radius 2 is 2.00 bits per heavy atom. The molecule has 23 heavy (non-hydrogen) atoms. The largest absolute Gasteiger partial charge is 0.350 e. The molecule has 6 heteroatoms. The van der Waals surface area contributed by atoms with Crippen molar-refractivity contribution < 1.29 is 17.4 Å². The summed E-state index contributed by atoms with van der Waals surface area (Å²) in [4.78, 5) is 11.2. The summed E-state index contributed by atoms with van der Waals surface area (Å²) in [6, 6.07) is 6.78. The van der Waals surface area contributed by atoms with E-state index in [9.17, 15) is 13.2 Å². The van der Waals surface area contributed by atoms with Gasteiger partial charge < -0.3 is 5.32 Å². The number of rotatable bonds is 8. The first kappa shape index (κ1) is 17.7. The average Bonchev–Trinajstić information content (AvgIpc) is 2.92. The molecule has 1 amide bonds. The van der Waals surface area contributed by atoms with Crippen molar-refractivity contribution >= 4 is 16.0 Å². The number of hydrogen-bond acceptors (Lipinski definition) is 4. The molecule has 1 aromatic carbocycles. The first-order valence-electron chi connectivity index (χ1n) is 7.89. The summed E-state index contributed by atoms with van der Waals surface area (Å²) in [5.74, 6) is 0.106. The van der Waals surface area contributed by atoms with Gasteiger partial charge in [-0.05, 0) is 44.7 Å². The number of amides is 1. The third kappa shape index (κ3) is 5.80. The Kier molecular flexibility index (Phi) is 6.36. The minimum atomic E-state index is -3.65. The van der Waals surface area contributed by atoms with Crippen molar-refractivity contribution in [3.05, 3.63) is 42.0 Å². The third-order valence-corrected chi connectivity index (χ3v) is 5.04. The molecule has 1 atom stereocenters. The second-order valence-electron chi connectivity index (χ2n) is 5.73. The first-order valence-corrected chi connectivity index (χ1v) is 9.30. The van der Waals surface area contributed by atoms with Crippen molar-refractivity contribution in [3.63, 3.8) is 0 Å². The van der Waals surface area contributed by atoms with Crippen molar-refractivity contribution in [3.8, 4) is 0 Å². The minimum absolute atomic E-state index is 0.106. The zero-order valence-corrected chi connectivity index (χ0v) is 14.1. The van der Waals surface area contributed by atoms with Crippen LogP contribution in [0.5, 0.6) is 0 Å². The van der Waals surface area contributed by atoms with Gasteiger partial charge in [-0.3, -0.25) is 8.98 Å². The fraction of sp³-hybridized carbons (Fsp3) is 0.471. The van der Waals surface area contributed by atoms with Crippen LogP contribution in [0.2, 0.25) is 0 Å². The van der Waals surface area contributed by atoms with E-state index in [-0.39, 0.29) is 23.5 Å². The lowest BCUT2D eigenvalue weighted by atomic mass is 10.2. The van der Waals surface area contributed by atoms with Gasteiger partial charge >= 0.3 is 0 Å².